The molecule has 0 bridgehead atoms. The Kier molecular flexibility index (Phi) is 3.73. The van der Waals surface area contributed by atoms with Crippen molar-refractivity contribution in [3.63, 3.8) is 0 Å². The van der Waals surface area contributed by atoms with E-state index in [1.165, 1.54) is 0 Å². The lowest BCUT2D eigenvalue weighted by Gasteiger charge is -2.32. The Morgan fingerprint density at radius 3 is 2.60 bits per heavy atom. The fourth-order valence-electron chi connectivity index (χ4n) is 2.20. The molecule has 1 fully saturated rings. The van der Waals surface area contributed by atoms with Crippen molar-refractivity contribution in [2.24, 2.45) is 11.5 Å². The Balaban J connectivity index is 2.68. The maximum Gasteiger partial charge on any atom is 0.242 e. The number of carbonyl (C=O) groups is 1. The second kappa shape index (κ2) is 4.49. The minimum atomic E-state index is -0.729. The number of hydrogen-bond donors (Lipinski definition) is 2. The minimum Gasteiger partial charge on any atom is -0.337 e. The highest BCUT2D eigenvalue weighted by Crippen LogP contribution is 2.21. The SMILES string of the molecule is CCCC(C)(N)C(=O)N1CCC(N)C1C. The lowest BCUT2D eigenvalue weighted by atomic mass is 9.95. The Morgan fingerprint density at radius 2 is 2.20 bits per heavy atom. The summed E-state index contributed by atoms with van der Waals surface area (Å²) in [5.41, 5.74) is 11.2. The van der Waals surface area contributed by atoms with Gasteiger partial charge in [-0.3, -0.25) is 4.79 Å². The van der Waals surface area contributed by atoms with Gasteiger partial charge in [0.05, 0.1) is 5.54 Å². The third kappa shape index (κ3) is 2.49. The molecule has 4 nitrogen and oxygen atoms in total. The highest BCUT2D eigenvalue weighted by atomic mass is 16.2. The summed E-state index contributed by atoms with van der Waals surface area (Å²) in [7, 11) is 0. The quantitative estimate of drug-likeness (QED) is 0.715. The van der Waals surface area contributed by atoms with Gasteiger partial charge in [-0.05, 0) is 26.7 Å². The summed E-state index contributed by atoms with van der Waals surface area (Å²) < 4.78 is 0. The summed E-state index contributed by atoms with van der Waals surface area (Å²) >= 11 is 0. The van der Waals surface area contributed by atoms with Gasteiger partial charge in [0, 0.05) is 18.6 Å². The molecule has 4 heteroatoms. The Morgan fingerprint density at radius 1 is 1.60 bits per heavy atom. The summed E-state index contributed by atoms with van der Waals surface area (Å²) in [5.74, 6) is 0.0461. The van der Waals surface area contributed by atoms with E-state index in [0.717, 1.165) is 25.8 Å². The molecular formula is C11H23N3O. The normalized spacial score (nSPS) is 30.3. The van der Waals surface area contributed by atoms with Crippen LogP contribution in [-0.2, 0) is 4.79 Å². The van der Waals surface area contributed by atoms with Crippen molar-refractivity contribution in [2.75, 3.05) is 6.54 Å². The summed E-state index contributed by atoms with van der Waals surface area (Å²) in [6.45, 7) is 6.60. The molecular weight excluding hydrogens is 190 g/mol. The van der Waals surface area contributed by atoms with Gasteiger partial charge >= 0.3 is 0 Å². The number of hydrogen-bond acceptors (Lipinski definition) is 3. The fourth-order valence-corrected chi connectivity index (χ4v) is 2.20. The van der Waals surface area contributed by atoms with E-state index in [-0.39, 0.29) is 18.0 Å². The summed E-state index contributed by atoms with van der Waals surface area (Å²) in [4.78, 5) is 14.0. The highest BCUT2D eigenvalue weighted by Gasteiger charge is 2.38. The van der Waals surface area contributed by atoms with Gasteiger partial charge in [-0.25, -0.2) is 0 Å². The van der Waals surface area contributed by atoms with Crippen LogP contribution in [0.25, 0.3) is 0 Å². The third-order valence-electron chi connectivity index (χ3n) is 3.33. The van der Waals surface area contributed by atoms with Crippen molar-refractivity contribution in [2.45, 2.75) is 57.7 Å². The van der Waals surface area contributed by atoms with Crippen molar-refractivity contribution < 1.29 is 4.79 Å². The molecule has 1 aliphatic rings. The Hall–Kier alpha value is -0.610. The smallest absolute Gasteiger partial charge is 0.242 e. The van der Waals surface area contributed by atoms with Gasteiger partial charge in [0.15, 0.2) is 0 Å². The summed E-state index contributed by atoms with van der Waals surface area (Å²) in [5, 5.41) is 0. The molecule has 1 saturated heterocycles. The number of likely N-dealkylation sites (tertiary alicyclic amines) is 1. The van der Waals surface area contributed by atoms with Crippen molar-refractivity contribution in [3.05, 3.63) is 0 Å². The van der Waals surface area contributed by atoms with Crippen molar-refractivity contribution in [1.82, 2.24) is 4.90 Å². The maximum atomic E-state index is 12.2. The van der Waals surface area contributed by atoms with Crippen LogP contribution >= 0.6 is 0 Å². The van der Waals surface area contributed by atoms with Gasteiger partial charge in [-0.1, -0.05) is 13.3 Å². The molecule has 15 heavy (non-hydrogen) atoms. The Bertz CT molecular complexity index is 240. The van der Waals surface area contributed by atoms with Crippen LogP contribution in [-0.4, -0.2) is 35.0 Å². The average Bonchev–Trinajstić information content (AvgIpc) is 2.46. The molecule has 1 aliphatic heterocycles. The van der Waals surface area contributed by atoms with Crippen molar-refractivity contribution >= 4 is 5.91 Å². The molecule has 3 atom stereocenters. The number of carbonyl (C=O) groups excluding carboxylic acids is 1. The summed E-state index contributed by atoms with van der Waals surface area (Å²) in [6, 6.07) is 0.226. The molecule has 0 aromatic carbocycles. The zero-order valence-corrected chi connectivity index (χ0v) is 9.99. The predicted molar refractivity (Wildman–Crippen MR) is 61.3 cm³/mol. The van der Waals surface area contributed by atoms with E-state index < -0.39 is 5.54 Å². The minimum absolute atomic E-state index is 0.0461. The maximum absolute atomic E-state index is 12.2. The Labute approximate surface area is 92.0 Å². The molecule has 0 spiro atoms. The van der Waals surface area contributed by atoms with Crippen LogP contribution in [0.5, 0.6) is 0 Å². The molecule has 4 N–H and O–H groups in total. The van der Waals surface area contributed by atoms with Crippen LogP contribution in [0.3, 0.4) is 0 Å². The number of nitrogens with two attached hydrogens (primary N) is 2. The molecule has 1 rings (SSSR count). The van der Waals surface area contributed by atoms with Gasteiger partial charge in [-0.2, -0.15) is 0 Å². The van der Waals surface area contributed by atoms with E-state index >= 15 is 0 Å². The fraction of sp³-hybridized carbons (Fsp3) is 0.909. The topological polar surface area (TPSA) is 72.4 Å². The first-order chi connectivity index (χ1) is 6.90. The third-order valence-corrected chi connectivity index (χ3v) is 3.33. The zero-order chi connectivity index (χ0) is 11.6. The zero-order valence-electron chi connectivity index (χ0n) is 9.99. The summed E-state index contributed by atoms with van der Waals surface area (Å²) in [6.07, 6.45) is 2.53. The molecule has 1 amide bonds. The van der Waals surface area contributed by atoms with Crippen molar-refractivity contribution in [1.29, 1.82) is 0 Å². The molecule has 0 saturated carbocycles. The molecule has 0 aromatic heterocycles. The molecule has 0 radical (unpaired) electrons. The van der Waals surface area contributed by atoms with E-state index in [9.17, 15) is 4.79 Å². The second-order valence-electron chi connectivity index (χ2n) is 4.86. The van der Waals surface area contributed by atoms with E-state index in [1.54, 1.807) is 0 Å². The molecule has 0 aromatic rings. The van der Waals surface area contributed by atoms with E-state index in [0.29, 0.717) is 0 Å². The molecule has 88 valence electrons. The lowest BCUT2D eigenvalue weighted by molar-refractivity contribution is -0.137. The van der Waals surface area contributed by atoms with Crippen molar-refractivity contribution in [3.8, 4) is 0 Å². The van der Waals surface area contributed by atoms with Gasteiger partial charge in [0.25, 0.3) is 0 Å². The molecule has 0 aliphatic carbocycles. The van der Waals surface area contributed by atoms with Crippen LogP contribution in [0.1, 0.15) is 40.0 Å². The van der Waals surface area contributed by atoms with Crippen LogP contribution in [0.4, 0.5) is 0 Å². The predicted octanol–water partition coefficient (Wildman–Crippen LogP) is 0.452. The van der Waals surface area contributed by atoms with E-state index in [2.05, 4.69) is 0 Å². The van der Waals surface area contributed by atoms with Crippen LogP contribution < -0.4 is 11.5 Å². The van der Waals surface area contributed by atoms with Gasteiger partial charge in [0.1, 0.15) is 0 Å². The van der Waals surface area contributed by atoms with Crippen LogP contribution in [0.2, 0.25) is 0 Å². The lowest BCUT2D eigenvalue weighted by Crippen LogP contribution is -2.55. The molecule has 3 unspecified atom stereocenters. The van der Waals surface area contributed by atoms with Gasteiger partial charge < -0.3 is 16.4 Å². The first-order valence-corrected chi connectivity index (χ1v) is 5.75. The highest BCUT2D eigenvalue weighted by molar-refractivity contribution is 5.86. The second-order valence-corrected chi connectivity index (χ2v) is 4.86. The van der Waals surface area contributed by atoms with Crippen LogP contribution in [0.15, 0.2) is 0 Å². The number of nitrogens with zero attached hydrogens (tertiary/aromatic N) is 1. The monoisotopic (exact) mass is 213 g/mol. The number of amides is 1. The van der Waals surface area contributed by atoms with Gasteiger partial charge in [0.2, 0.25) is 5.91 Å². The average molecular weight is 213 g/mol. The van der Waals surface area contributed by atoms with E-state index in [1.807, 2.05) is 25.7 Å². The van der Waals surface area contributed by atoms with E-state index in [4.69, 9.17) is 11.5 Å². The first kappa shape index (κ1) is 12.5. The van der Waals surface area contributed by atoms with Gasteiger partial charge in [-0.15, -0.1) is 0 Å². The number of rotatable bonds is 3. The largest absolute Gasteiger partial charge is 0.337 e. The molecule has 1 heterocycles. The van der Waals surface area contributed by atoms with Crippen LogP contribution in [0, 0.1) is 0 Å². The standard InChI is InChI=1S/C11H23N3O/c1-4-6-11(3,13)10(15)14-7-5-9(12)8(14)2/h8-9H,4-7,12-13H2,1-3H3. The first-order valence-electron chi connectivity index (χ1n) is 5.75.